The molecule has 0 saturated carbocycles. The predicted octanol–water partition coefficient (Wildman–Crippen LogP) is 3.45. The molecular formula is C8H19Cl2NSi. The van der Waals surface area contributed by atoms with Gasteiger partial charge in [0.1, 0.15) is 0 Å². The normalized spacial score (nSPS) is 12.0. The number of hydrogen-bond donors (Lipinski definition) is 1. The van der Waals surface area contributed by atoms with Gasteiger partial charge in [-0.15, -0.1) is 22.2 Å². The molecule has 0 saturated heterocycles. The summed E-state index contributed by atoms with van der Waals surface area (Å²) in [7, 11) is 0. The minimum absolute atomic E-state index is 0.756. The van der Waals surface area contributed by atoms with Crippen molar-refractivity contribution in [2.24, 2.45) is 5.73 Å². The summed E-state index contributed by atoms with van der Waals surface area (Å²) in [5, 5.41) is 0. The van der Waals surface area contributed by atoms with Crippen molar-refractivity contribution in [1.29, 1.82) is 0 Å². The van der Waals surface area contributed by atoms with E-state index in [2.05, 4.69) is 6.92 Å². The lowest BCUT2D eigenvalue weighted by Crippen LogP contribution is -2.18. The highest BCUT2D eigenvalue weighted by atomic mass is 35.7. The zero-order chi connectivity index (χ0) is 9.45. The van der Waals surface area contributed by atoms with Crippen LogP contribution in [-0.4, -0.2) is 13.2 Å². The van der Waals surface area contributed by atoms with Crippen molar-refractivity contribution >= 4 is 28.9 Å². The number of hydrogen-bond acceptors (Lipinski definition) is 1. The SMILES string of the molecule is CCCC[Si](Cl)(Cl)CCCCN. The average Bonchev–Trinajstić information content (AvgIpc) is 2.01. The largest absolute Gasteiger partial charge is 0.330 e. The van der Waals surface area contributed by atoms with Crippen LogP contribution in [0.25, 0.3) is 0 Å². The molecule has 4 heteroatoms. The fourth-order valence-corrected chi connectivity index (χ4v) is 4.58. The second-order valence-corrected chi connectivity index (χ2v) is 10.8. The Bertz CT molecular complexity index is 109. The molecule has 0 aliphatic heterocycles. The summed E-state index contributed by atoms with van der Waals surface area (Å²) in [5.74, 6) is 0. The van der Waals surface area contributed by atoms with Crippen LogP contribution in [0.1, 0.15) is 32.6 Å². The van der Waals surface area contributed by atoms with E-state index in [1.165, 1.54) is 12.8 Å². The van der Waals surface area contributed by atoms with Crippen LogP contribution in [0.4, 0.5) is 0 Å². The fraction of sp³-hybridized carbons (Fsp3) is 1.00. The molecule has 12 heavy (non-hydrogen) atoms. The van der Waals surface area contributed by atoms with Gasteiger partial charge in [-0.25, -0.2) is 0 Å². The molecule has 0 radical (unpaired) electrons. The van der Waals surface area contributed by atoms with Gasteiger partial charge in [0.25, 0.3) is 6.69 Å². The molecule has 0 unspecified atom stereocenters. The van der Waals surface area contributed by atoms with Gasteiger partial charge in [0.15, 0.2) is 0 Å². The second kappa shape index (κ2) is 7.19. The number of rotatable bonds is 7. The Labute approximate surface area is 86.0 Å². The zero-order valence-corrected chi connectivity index (χ0v) is 10.3. The molecule has 0 bridgehead atoms. The van der Waals surface area contributed by atoms with E-state index in [9.17, 15) is 0 Å². The third-order valence-corrected chi connectivity index (χ3v) is 6.33. The van der Waals surface area contributed by atoms with E-state index in [1.807, 2.05) is 0 Å². The van der Waals surface area contributed by atoms with Gasteiger partial charge in [-0.2, -0.15) is 0 Å². The van der Waals surface area contributed by atoms with Crippen molar-refractivity contribution in [3.8, 4) is 0 Å². The highest BCUT2D eigenvalue weighted by molar-refractivity contribution is 7.45. The van der Waals surface area contributed by atoms with E-state index in [0.29, 0.717) is 0 Å². The van der Waals surface area contributed by atoms with Gasteiger partial charge in [-0.3, -0.25) is 0 Å². The molecule has 0 aliphatic rings. The van der Waals surface area contributed by atoms with Gasteiger partial charge in [-0.1, -0.05) is 26.2 Å². The fourth-order valence-electron chi connectivity index (χ4n) is 1.09. The van der Waals surface area contributed by atoms with E-state index < -0.39 is 6.69 Å². The third kappa shape index (κ3) is 7.41. The van der Waals surface area contributed by atoms with Crippen LogP contribution in [0.2, 0.25) is 12.1 Å². The summed E-state index contributed by atoms with van der Waals surface area (Å²) in [5.41, 5.74) is 5.39. The molecule has 1 nitrogen and oxygen atoms in total. The van der Waals surface area contributed by atoms with E-state index in [4.69, 9.17) is 27.9 Å². The molecule has 0 spiro atoms. The molecule has 0 amide bonds. The van der Waals surface area contributed by atoms with Crippen molar-refractivity contribution < 1.29 is 0 Å². The summed E-state index contributed by atoms with van der Waals surface area (Å²) in [4.78, 5) is 0. The van der Waals surface area contributed by atoms with E-state index >= 15 is 0 Å². The van der Waals surface area contributed by atoms with Crippen molar-refractivity contribution in [1.82, 2.24) is 0 Å². The van der Waals surface area contributed by atoms with Crippen LogP contribution in [0.3, 0.4) is 0 Å². The van der Waals surface area contributed by atoms with Crippen LogP contribution >= 0.6 is 22.2 Å². The maximum Gasteiger partial charge on any atom is 0.251 e. The van der Waals surface area contributed by atoms with E-state index in [-0.39, 0.29) is 0 Å². The Morgan fingerprint density at radius 2 is 1.67 bits per heavy atom. The first-order valence-corrected chi connectivity index (χ1v) is 9.14. The van der Waals surface area contributed by atoms with Crippen LogP contribution < -0.4 is 5.73 Å². The van der Waals surface area contributed by atoms with Gasteiger partial charge in [0.05, 0.1) is 0 Å². The average molecular weight is 228 g/mol. The number of unbranched alkanes of at least 4 members (excludes halogenated alkanes) is 2. The molecule has 0 aromatic carbocycles. The maximum atomic E-state index is 6.21. The first-order chi connectivity index (χ1) is 5.62. The monoisotopic (exact) mass is 227 g/mol. The highest BCUT2D eigenvalue weighted by Crippen LogP contribution is 2.29. The first kappa shape index (κ1) is 12.8. The van der Waals surface area contributed by atoms with Gasteiger partial charge >= 0.3 is 0 Å². The topological polar surface area (TPSA) is 26.0 Å². The van der Waals surface area contributed by atoms with Crippen molar-refractivity contribution in [2.45, 2.75) is 44.7 Å². The van der Waals surface area contributed by atoms with Crippen LogP contribution in [0.15, 0.2) is 0 Å². The lowest BCUT2D eigenvalue weighted by Gasteiger charge is -2.15. The number of nitrogens with two attached hydrogens (primary N) is 1. The smallest absolute Gasteiger partial charge is 0.251 e. The molecule has 74 valence electrons. The Hall–Kier alpha value is 0.757. The van der Waals surface area contributed by atoms with Crippen molar-refractivity contribution in [3.05, 3.63) is 0 Å². The Morgan fingerprint density at radius 3 is 2.17 bits per heavy atom. The van der Waals surface area contributed by atoms with Gasteiger partial charge in [-0.05, 0) is 25.1 Å². The molecule has 0 fully saturated rings. The summed E-state index contributed by atoms with van der Waals surface area (Å²) in [6.07, 6.45) is 4.51. The third-order valence-electron chi connectivity index (χ3n) is 1.89. The molecular weight excluding hydrogens is 209 g/mol. The van der Waals surface area contributed by atoms with Crippen LogP contribution in [-0.2, 0) is 0 Å². The Balaban J connectivity index is 3.42. The van der Waals surface area contributed by atoms with Gasteiger partial charge in [0.2, 0.25) is 0 Å². The second-order valence-electron chi connectivity index (χ2n) is 3.21. The minimum atomic E-state index is -1.87. The summed E-state index contributed by atoms with van der Waals surface area (Å²) < 4.78 is 0. The number of halogens is 2. The quantitative estimate of drug-likeness (QED) is 0.403. The van der Waals surface area contributed by atoms with Gasteiger partial charge in [0, 0.05) is 0 Å². The minimum Gasteiger partial charge on any atom is -0.330 e. The summed E-state index contributed by atoms with van der Waals surface area (Å²) in [6.45, 7) is 1.05. The molecule has 2 N–H and O–H groups in total. The summed E-state index contributed by atoms with van der Waals surface area (Å²) in [6, 6.07) is 2.05. The van der Waals surface area contributed by atoms with E-state index in [1.54, 1.807) is 0 Å². The highest BCUT2D eigenvalue weighted by Gasteiger charge is 2.26. The molecule has 0 rings (SSSR count). The van der Waals surface area contributed by atoms with Crippen molar-refractivity contribution in [3.63, 3.8) is 0 Å². The summed E-state index contributed by atoms with van der Waals surface area (Å²) >= 11 is 12.4. The lowest BCUT2D eigenvalue weighted by molar-refractivity contribution is 0.794. The Morgan fingerprint density at radius 1 is 1.08 bits per heavy atom. The molecule has 0 atom stereocenters. The standard InChI is InChI=1S/C8H19Cl2NSi/c1-2-3-7-12(9,10)8-5-4-6-11/h2-8,11H2,1H3. The molecule has 0 aromatic rings. The lowest BCUT2D eigenvalue weighted by atomic mass is 10.3. The Kier molecular flexibility index (Phi) is 7.64. The zero-order valence-electron chi connectivity index (χ0n) is 7.78. The van der Waals surface area contributed by atoms with Crippen molar-refractivity contribution in [2.75, 3.05) is 6.54 Å². The first-order valence-electron chi connectivity index (χ1n) is 4.70. The maximum absolute atomic E-state index is 6.21. The van der Waals surface area contributed by atoms with Gasteiger partial charge < -0.3 is 5.73 Å². The predicted molar refractivity (Wildman–Crippen MR) is 60.3 cm³/mol. The molecule has 0 heterocycles. The van der Waals surface area contributed by atoms with E-state index in [0.717, 1.165) is 31.5 Å². The van der Waals surface area contributed by atoms with Crippen LogP contribution in [0.5, 0.6) is 0 Å². The molecule has 0 aliphatic carbocycles. The molecule has 0 aromatic heterocycles. The van der Waals surface area contributed by atoms with Crippen LogP contribution in [0, 0.1) is 0 Å².